The Morgan fingerprint density at radius 2 is 2.36 bits per heavy atom. The number of aryl methyl sites for hydroxylation is 1. The molecule has 8 nitrogen and oxygen atoms in total. The number of nitrogens with zero attached hydrogens (tertiary/aromatic N) is 4. The zero-order valence-electron chi connectivity index (χ0n) is 14.6. The minimum atomic E-state index is -0.382. The van der Waals surface area contributed by atoms with Crippen molar-refractivity contribution in [1.29, 1.82) is 0 Å². The summed E-state index contributed by atoms with van der Waals surface area (Å²) in [5.74, 6) is 1.30. The van der Waals surface area contributed by atoms with Gasteiger partial charge in [0.1, 0.15) is 6.10 Å². The van der Waals surface area contributed by atoms with Crippen LogP contribution in [0, 0.1) is 6.92 Å². The summed E-state index contributed by atoms with van der Waals surface area (Å²) in [5.41, 5.74) is 0.540. The minimum Gasteiger partial charge on any atom is -0.475 e. The number of rotatable bonds is 5. The van der Waals surface area contributed by atoms with Gasteiger partial charge in [0, 0.05) is 31.3 Å². The normalized spacial score (nSPS) is 18.8. The van der Waals surface area contributed by atoms with Gasteiger partial charge in [-0.2, -0.15) is 4.98 Å². The van der Waals surface area contributed by atoms with E-state index in [0.29, 0.717) is 42.9 Å². The van der Waals surface area contributed by atoms with Crippen LogP contribution in [0.5, 0.6) is 5.88 Å². The molecule has 8 heteroatoms. The number of pyridine rings is 1. The smallest absolute Gasteiger partial charge is 0.254 e. The van der Waals surface area contributed by atoms with Crippen LogP contribution in [0.3, 0.4) is 0 Å². The van der Waals surface area contributed by atoms with Crippen LogP contribution in [-0.2, 0) is 4.74 Å². The fraction of sp³-hybridized carbons (Fsp3) is 0.529. The van der Waals surface area contributed by atoms with Crippen molar-refractivity contribution in [3.63, 3.8) is 0 Å². The van der Waals surface area contributed by atoms with Gasteiger partial charge >= 0.3 is 0 Å². The summed E-state index contributed by atoms with van der Waals surface area (Å²) in [4.78, 5) is 22.9. The van der Waals surface area contributed by atoms with Crippen molar-refractivity contribution in [1.82, 2.24) is 20.0 Å². The summed E-state index contributed by atoms with van der Waals surface area (Å²) >= 11 is 0. The SMILES string of the molecule is CCC(C)Oc1cc(C(=O)N2CCOC(c3noc(C)n3)C2)ccn1. The molecule has 0 radical (unpaired) electrons. The number of amides is 1. The molecule has 25 heavy (non-hydrogen) atoms. The monoisotopic (exact) mass is 346 g/mol. The molecule has 0 N–H and O–H groups in total. The van der Waals surface area contributed by atoms with Crippen LogP contribution in [-0.4, -0.2) is 51.7 Å². The van der Waals surface area contributed by atoms with Crippen molar-refractivity contribution < 1.29 is 18.8 Å². The van der Waals surface area contributed by atoms with Gasteiger partial charge in [-0.05, 0) is 19.4 Å². The Labute approximate surface area is 146 Å². The molecule has 1 amide bonds. The number of hydrogen-bond donors (Lipinski definition) is 0. The molecule has 0 aromatic carbocycles. The zero-order chi connectivity index (χ0) is 17.8. The topological polar surface area (TPSA) is 90.6 Å². The third kappa shape index (κ3) is 4.14. The molecule has 2 aromatic rings. The summed E-state index contributed by atoms with van der Waals surface area (Å²) in [6.07, 6.45) is 2.13. The quantitative estimate of drug-likeness (QED) is 0.819. The van der Waals surface area contributed by atoms with Gasteiger partial charge < -0.3 is 18.9 Å². The van der Waals surface area contributed by atoms with Gasteiger partial charge in [-0.25, -0.2) is 4.98 Å². The Morgan fingerprint density at radius 3 is 3.08 bits per heavy atom. The molecule has 0 spiro atoms. The number of carbonyl (C=O) groups excluding carboxylic acids is 1. The Bertz CT molecular complexity index is 733. The maximum absolute atomic E-state index is 12.8. The third-order valence-electron chi connectivity index (χ3n) is 4.06. The molecule has 0 bridgehead atoms. The lowest BCUT2D eigenvalue weighted by Gasteiger charge is -2.31. The molecule has 2 aromatic heterocycles. The predicted molar refractivity (Wildman–Crippen MR) is 88.2 cm³/mol. The summed E-state index contributed by atoms with van der Waals surface area (Å²) in [6.45, 7) is 7.03. The average molecular weight is 346 g/mol. The van der Waals surface area contributed by atoms with E-state index in [9.17, 15) is 4.79 Å². The van der Waals surface area contributed by atoms with Gasteiger partial charge in [0.15, 0.2) is 0 Å². The number of hydrogen-bond acceptors (Lipinski definition) is 7. The van der Waals surface area contributed by atoms with Crippen LogP contribution in [0.2, 0.25) is 0 Å². The van der Waals surface area contributed by atoms with E-state index in [2.05, 4.69) is 15.1 Å². The van der Waals surface area contributed by atoms with Gasteiger partial charge in [0.05, 0.1) is 19.3 Å². The van der Waals surface area contributed by atoms with Crippen LogP contribution in [0.25, 0.3) is 0 Å². The summed E-state index contributed by atoms with van der Waals surface area (Å²) < 4.78 is 16.4. The van der Waals surface area contributed by atoms with E-state index < -0.39 is 0 Å². The van der Waals surface area contributed by atoms with Crippen LogP contribution in [0.4, 0.5) is 0 Å². The van der Waals surface area contributed by atoms with E-state index in [-0.39, 0.29) is 18.1 Å². The van der Waals surface area contributed by atoms with Crippen LogP contribution >= 0.6 is 0 Å². The predicted octanol–water partition coefficient (Wildman–Crippen LogP) is 2.16. The van der Waals surface area contributed by atoms with Crippen molar-refractivity contribution in [3.8, 4) is 5.88 Å². The molecule has 3 heterocycles. The minimum absolute atomic E-state index is 0.0482. The second-order valence-electron chi connectivity index (χ2n) is 6.00. The lowest BCUT2D eigenvalue weighted by molar-refractivity contribution is -0.0276. The zero-order valence-corrected chi connectivity index (χ0v) is 14.6. The first-order chi connectivity index (χ1) is 12.1. The Kier molecular flexibility index (Phi) is 5.28. The molecule has 2 unspecified atom stereocenters. The molecule has 0 aliphatic carbocycles. The van der Waals surface area contributed by atoms with Gasteiger partial charge in [-0.3, -0.25) is 4.79 Å². The van der Waals surface area contributed by atoms with E-state index in [0.717, 1.165) is 6.42 Å². The lowest BCUT2D eigenvalue weighted by Crippen LogP contribution is -2.42. The first-order valence-corrected chi connectivity index (χ1v) is 8.40. The highest BCUT2D eigenvalue weighted by Crippen LogP contribution is 2.22. The molecule has 0 saturated carbocycles. The Hall–Kier alpha value is -2.48. The van der Waals surface area contributed by atoms with E-state index in [1.807, 2.05) is 13.8 Å². The molecular formula is C17H22N4O4. The standard InChI is InChI=1S/C17H22N4O4/c1-4-11(2)24-15-9-13(5-6-18-15)17(22)21-7-8-23-14(10-21)16-19-12(3)25-20-16/h5-6,9,11,14H,4,7-8,10H2,1-3H3. The first-order valence-electron chi connectivity index (χ1n) is 8.40. The first kappa shape index (κ1) is 17.3. The largest absolute Gasteiger partial charge is 0.475 e. The summed E-state index contributed by atoms with van der Waals surface area (Å²) in [6, 6.07) is 3.37. The second kappa shape index (κ2) is 7.60. The average Bonchev–Trinajstić information content (AvgIpc) is 3.08. The van der Waals surface area contributed by atoms with Crippen molar-refractivity contribution in [2.45, 2.75) is 39.4 Å². The highest BCUT2D eigenvalue weighted by molar-refractivity contribution is 5.94. The third-order valence-corrected chi connectivity index (χ3v) is 4.06. The van der Waals surface area contributed by atoms with E-state index in [1.165, 1.54) is 0 Å². The van der Waals surface area contributed by atoms with Crippen LogP contribution in [0.1, 0.15) is 48.4 Å². The number of aromatic nitrogens is 3. The van der Waals surface area contributed by atoms with Crippen molar-refractivity contribution in [3.05, 3.63) is 35.6 Å². The highest BCUT2D eigenvalue weighted by Gasteiger charge is 2.29. The Balaban J connectivity index is 1.70. The molecule has 1 aliphatic heterocycles. The molecule has 2 atom stereocenters. The Morgan fingerprint density at radius 1 is 1.52 bits per heavy atom. The molecule has 1 fully saturated rings. The number of ether oxygens (including phenoxy) is 2. The highest BCUT2D eigenvalue weighted by atomic mass is 16.5. The summed E-state index contributed by atoms with van der Waals surface area (Å²) in [5, 5.41) is 3.88. The van der Waals surface area contributed by atoms with Crippen LogP contribution in [0.15, 0.2) is 22.9 Å². The van der Waals surface area contributed by atoms with E-state index in [1.54, 1.807) is 30.2 Å². The van der Waals surface area contributed by atoms with Gasteiger partial charge in [0.2, 0.25) is 17.6 Å². The molecule has 3 rings (SSSR count). The van der Waals surface area contributed by atoms with Gasteiger partial charge in [-0.1, -0.05) is 12.1 Å². The van der Waals surface area contributed by atoms with Gasteiger partial charge in [-0.15, -0.1) is 0 Å². The van der Waals surface area contributed by atoms with E-state index in [4.69, 9.17) is 14.0 Å². The summed E-state index contributed by atoms with van der Waals surface area (Å²) in [7, 11) is 0. The lowest BCUT2D eigenvalue weighted by atomic mass is 10.2. The maximum Gasteiger partial charge on any atom is 0.254 e. The molecular weight excluding hydrogens is 324 g/mol. The van der Waals surface area contributed by atoms with Crippen molar-refractivity contribution >= 4 is 5.91 Å². The molecule has 134 valence electrons. The van der Waals surface area contributed by atoms with Crippen molar-refractivity contribution in [2.24, 2.45) is 0 Å². The second-order valence-corrected chi connectivity index (χ2v) is 6.00. The maximum atomic E-state index is 12.8. The van der Waals surface area contributed by atoms with Crippen LogP contribution < -0.4 is 4.74 Å². The fourth-order valence-electron chi connectivity index (χ4n) is 2.51. The fourth-order valence-corrected chi connectivity index (χ4v) is 2.51. The molecule has 1 aliphatic rings. The molecule has 1 saturated heterocycles. The number of morpholine rings is 1. The van der Waals surface area contributed by atoms with Crippen molar-refractivity contribution in [2.75, 3.05) is 19.7 Å². The number of carbonyl (C=O) groups is 1. The van der Waals surface area contributed by atoms with Gasteiger partial charge in [0.25, 0.3) is 5.91 Å². The van der Waals surface area contributed by atoms with E-state index >= 15 is 0 Å².